The van der Waals surface area contributed by atoms with Gasteiger partial charge < -0.3 is 5.32 Å². The van der Waals surface area contributed by atoms with E-state index in [0.29, 0.717) is 5.69 Å². The van der Waals surface area contributed by atoms with Crippen LogP contribution >= 0.6 is 11.8 Å². The number of rotatable bonds is 5. The second kappa shape index (κ2) is 7.10. The van der Waals surface area contributed by atoms with Gasteiger partial charge in [0.2, 0.25) is 5.91 Å². The molecule has 0 radical (unpaired) electrons. The first-order chi connectivity index (χ1) is 9.65. The number of nitrogens with one attached hydrogen (secondary N) is 1. The summed E-state index contributed by atoms with van der Waals surface area (Å²) < 4.78 is 13.0. The molecule has 1 N–H and O–H groups in total. The van der Waals surface area contributed by atoms with Crippen LogP contribution in [0.15, 0.2) is 54.6 Å². The summed E-state index contributed by atoms with van der Waals surface area (Å²) in [5, 5.41) is 2.52. The van der Waals surface area contributed by atoms with Crippen molar-refractivity contribution in [2.45, 2.75) is 17.9 Å². The molecule has 0 saturated heterocycles. The molecule has 4 heteroatoms. The van der Waals surface area contributed by atoms with Crippen molar-refractivity contribution in [2.24, 2.45) is 0 Å². The maximum atomic E-state index is 13.0. The van der Waals surface area contributed by atoms with Gasteiger partial charge in [-0.25, -0.2) is 4.39 Å². The quantitative estimate of drug-likeness (QED) is 0.898. The molecule has 0 unspecified atom stereocenters. The molecule has 20 heavy (non-hydrogen) atoms. The highest BCUT2D eigenvalue weighted by Gasteiger charge is 2.13. The van der Waals surface area contributed by atoms with E-state index >= 15 is 0 Å². The van der Waals surface area contributed by atoms with Gasteiger partial charge in [0.1, 0.15) is 5.82 Å². The van der Waals surface area contributed by atoms with Crippen LogP contribution in [-0.4, -0.2) is 11.2 Å². The molecular formula is C16H16FNOS. The Kier molecular flexibility index (Phi) is 5.18. The highest BCUT2D eigenvalue weighted by molar-refractivity contribution is 7.99. The Hall–Kier alpha value is -1.81. The van der Waals surface area contributed by atoms with E-state index in [1.165, 1.54) is 17.7 Å². The molecule has 0 aliphatic heterocycles. The number of hydrogen-bond donors (Lipinski definition) is 1. The van der Waals surface area contributed by atoms with E-state index < -0.39 is 0 Å². The van der Waals surface area contributed by atoms with Crippen LogP contribution < -0.4 is 5.32 Å². The van der Waals surface area contributed by atoms with Crippen LogP contribution in [0.5, 0.6) is 0 Å². The van der Waals surface area contributed by atoms with E-state index in [1.54, 1.807) is 23.9 Å². The van der Waals surface area contributed by atoms with Crippen molar-refractivity contribution in [1.29, 1.82) is 0 Å². The van der Waals surface area contributed by atoms with Crippen molar-refractivity contribution in [3.8, 4) is 0 Å². The molecular weight excluding hydrogens is 273 g/mol. The van der Waals surface area contributed by atoms with E-state index in [2.05, 4.69) is 5.32 Å². The number of halogens is 1. The first kappa shape index (κ1) is 14.6. The lowest BCUT2D eigenvalue weighted by molar-refractivity contribution is -0.115. The minimum absolute atomic E-state index is 0.114. The maximum absolute atomic E-state index is 13.0. The van der Waals surface area contributed by atoms with Crippen LogP contribution in [-0.2, 0) is 10.5 Å². The van der Waals surface area contributed by atoms with Crippen LogP contribution in [0.2, 0.25) is 0 Å². The minimum atomic E-state index is -0.354. The number of carbonyl (C=O) groups excluding carboxylic acids is 1. The summed E-state index contributed by atoms with van der Waals surface area (Å²) in [6.07, 6.45) is 0. The molecule has 0 aromatic heterocycles. The van der Waals surface area contributed by atoms with Crippen molar-refractivity contribution in [1.82, 2.24) is 0 Å². The van der Waals surface area contributed by atoms with Gasteiger partial charge in [0.05, 0.1) is 5.25 Å². The summed E-state index contributed by atoms with van der Waals surface area (Å²) in [6.45, 7) is 1.85. The largest absolute Gasteiger partial charge is 0.325 e. The standard InChI is InChI=1S/C16H16FNOS/c1-12(20-11-13-6-3-2-4-7-13)16(19)18-15-9-5-8-14(17)10-15/h2-10,12H,11H2,1H3,(H,18,19)/t12-/m0/s1. The van der Waals surface area contributed by atoms with Crippen molar-refractivity contribution >= 4 is 23.4 Å². The minimum Gasteiger partial charge on any atom is -0.325 e. The number of thioether (sulfide) groups is 1. The number of amides is 1. The zero-order valence-corrected chi connectivity index (χ0v) is 12.0. The fourth-order valence-electron chi connectivity index (χ4n) is 1.68. The number of benzene rings is 2. The van der Waals surface area contributed by atoms with E-state index in [4.69, 9.17) is 0 Å². The van der Waals surface area contributed by atoms with Crippen LogP contribution in [0.4, 0.5) is 10.1 Å². The monoisotopic (exact) mass is 289 g/mol. The van der Waals surface area contributed by atoms with E-state index in [9.17, 15) is 9.18 Å². The molecule has 1 atom stereocenters. The molecule has 0 spiro atoms. The molecule has 0 saturated carbocycles. The van der Waals surface area contributed by atoms with Gasteiger partial charge in [0, 0.05) is 11.4 Å². The average molecular weight is 289 g/mol. The summed E-state index contributed by atoms with van der Waals surface area (Å²) in [6, 6.07) is 15.9. The highest BCUT2D eigenvalue weighted by Crippen LogP contribution is 2.19. The second-order valence-corrected chi connectivity index (χ2v) is 5.77. The fourth-order valence-corrected chi connectivity index (χ4v) is 2.53. The molecule has 104 valence electrons. The Morgan fingerprint density at radius 3 is 2.65 bits per heavy atom. The molecule has 0 bridgehead atoms. The molecule has 0 fully saturated rings. The van der Waals surface area contributed by atoms with Crippen molar-refractivity contribution in [3.63, 3.8) is 0 Å². The van der Waals surface area contributed by atoms with Gasteiger partial charge in [-0.3, -0.25) is 4.79 Å². The number of carbonyl (C=O) groups is 1. The first-order valence-corrected chi connectivity index (χ1v) is 7.42. The second-order valence-electron chi connectivity index (χ2n) is 4.44. The lowest BCUT2D eigenvalue weighted by atomic mass is 10.2. The highest BCUT2D eigenvalue weighted by atomic mass is 32.2. The van der Waals surface area contributed by atoms with Gasteiger partial charge in [0.25, 0.3) is 0 Å². The average Bonchev–Trinajstić information content (AvgIpc) is 2.46. The van der Waals surface area contributed by atoms with Crippen LogP contribution in [0.1, 0.15) is 12.5 Å². The van der Waals surface area contributed by atoms with E-state index in [0.717, 1.165) is 5.75 Å². The predicted octanol–water partition coefficient (Wildman–Crippen LogP) is 4.09. The van der Waals surface area contributed by atoms with Gasteiger partial charge in [0.15, 0.2) is 0 Å². The molecule has 2 rings (SSSR count). The fraction of sp³-hybridized carbons (Fsp3) is 0.188. The summed E-state index contributed by atoms with van der Waals surface area (Å²) in [5.41, 5.74) is 1.67. The summed E-state index contributed by atoms with van der Waals surface area (Å²) in [7, 11) is 0. The van der Waals surface area contributed by atoms with Crippen LogP contribution in [0.25, 0.3) is 0 Å². The smallest absolute Gasteiger partial charge is 0.237 e. The van der Waals surface area contributed by atoms with Gasteiger partial charge in [-0.2, -0.15) is 0 Å². The SMILES string of the molecule is C[C@H](SCc1ccccc1)C(=O)Nc1cccc(F)c1. The third-order valence-electron chi connectivity index (χ3n) is 2.80. The third-order valence-corrected chi connectivity index (χ3v) is 4.02. The lowest BCUT2D eigenvalue weighted by Gasteiger charge is -2.12. The zero-order valence-electron chi connectivity index (χ0n) is 11.2. The molecule has 0 heterocycles. The van der Waals surface area contributed by atoms with E-state index in [-0.39, 0.29) is 17.0 Å². The Labute approximate surface area is 122 Å². The number of anilines is 1. The lowest BCUT2D eigenvalue weighted by Crippen LogP contribution is -2.22. The molecule has 0 aliphatic carbocycles. The molecule has 2 aromatic carbocycles. The summed E-state index contributed by atoms with van der Waals surface area (Å²) >= 11 is 1.56. The van der Waals surface area contributed by atoms with E-state index in [1.807, 2.05) is 37.3 Å². The van der Waals surface area contributed by atoms with Crippen LogP contribution in [0, 0.1) is 5.82 Å². The Balaban J connectivity index is 1.86. The Morgan fingerprint density at radius 1 is 1.20 bits per heavy atom. The normalized spacial score (nSPS) is 11.9. The van der Waals surface area contributed by atoms with Crippen molar-refractivity contribution in [3.05, 3.63) is 66.0 Å². The third kappa shape index (κ3) is 4.38. The topological polar surface area (TPSA) is 29.1 Å². The van der Waals surface area contributed by atoms with Gasteiger partial charge >= 0.3 is 0 Å². The molecule has 1 amide bonds. The summed E-state index contributed by atoms with van der Waals surface area (Å²) in [5.74, 6) is 0.308. The van der Waals surface area contributed by atoms with Gasteiger partial charge in [-0.15, -0.1) is 11.8 Å². The first-order valence-electron chi connectivity index (χ1n) is 6.37. The number of hydrogen-bond acceptors (Lipinski definition) is 2. The Morgan fingerprint density at radius 2 is 1.95 bits per heavy atom. The maximum Gasteiger partial charge on any atom is 0.237 e. The van der Waals surface area contributed by atoms with Crippen molar-refractivity contribution in [2.75, 3.05) is 5.32 Å². The zero-order chi connectivity index (χ0) is 14.4. The van der Waals surface area contributed by atoms with Crippen LogP contribution in [0.3, 0.4) is 0 Å². The molecule has 2 aromatic rings. The molecule has 0 aliphatic rings. The predicted molar refractivity (Wildman–Crippen MR) is 82.2 cm³/mol. The van der Waals surface area contributed by atoms with Crippen molar-refractivity contribution < 1.29 is 9.18 Å². The molecule has 2 nitrogen and oxygen atoms in total. The van der Waals surface area contributed by atoms with Gasteiger partial charge in [-0.05, 0) is 30.7 Å². The Bertz CT molecular complexity index is 574. The summed E-state index contributed by atoms with van der Waals surface area (Å²) in [4.78, 5) is 12.0. The van der Waals surface area contributed by atoms with Gasteiger partial charge in [-0.1, -0.05) is 36.4 Å².